The molecule has 0 spiro atoms. The molecule has 2 fully saturated rings. The van der Waals surface area contributed by atoms with Crippen LogP contribution in [0, 0.1) is 10.8 Å². The summed E-state index contributed by atoms with van der Waals surface area (Å²) in [7, 11) is 0. The van der Waals surface area contributed by atoms with E-state index in [1.807, 2.05) is 0 Å². The van der Waals surface area contributed by atoms with Crippen LogP contribution in [0.4, 0.5) is 0 Å². The first-order chi connectivity index (χ1) is 12.3. The second-order valence-corrected chi connectivity index (χ2v) is 9.18. The minimum Gasteiger partial charge on any atom is -0.356 e. The van der Waals surface area contributed by atoms with Crippen LogP contribution in [0.15, 0.2) is 0 Å². The summed E-state index contributed by atoms with van der Waals surface area (Å²) < 4.78 is 0. The molecule has 5 heteroatoms. The minimum atomic E-state index is -0.0592. The van der Waals surface area contributed by atoms with Gasteiger partial charge in [-0.2, -0.15) is 0 Å². The van der Waals surface area contributed by atoms with Crippen molar-refractivity contribution in [3.05, 3.63) is 0 Å². The van der Waals surface area contributed by atoms with Crippen molar-refractivity contribution in [1.29, 1.82) is 0 Å². The number of nitrogens with zero attached hydrogens (tertiary/aromatic N) is 1. The van der Waals surface area contributed by atoms with Crippen LogP contribution in [0.25, 0.3) is 0 Å². The van der Waals surface area contributed by atoms with Crippen LogP contribution in [0.1, 0.15) is 79.1 Å². The number of nitrogens with one attached hydrogen (secondary N) is 2. The maximum absolute atomic E-state index is 11.9. The van der Waals surface area contributed by atoms with E-state index in [0.29, 0.717) is 6.04 Å². The van der Waals surface area contributed by atoms with Crippen molar-refractivity contribution in [2.75, 3.05) is 26.2 Å². The molecule has 2 rings (SSSR count). The number of carbonyl (C=O) groups excluding carboxylic acids is 2. The first-order valence-electron chi connectivity index (χ1n) is 10.6. The van der Waals surface area contributed by atoms with Gasteiger partial charge in [0.25, 0.3) is 0 Å². The standard InChI is InChI=1S/C21H39N3O2/c1-17(2)24(15-7-5-13-22-18(25)20(3)9-10-20)16-8-6-14-23-19(26)21(4)11-12-21/h17H,5-16H2,1-4H3,(H,22,25)(H,23,26). The van der Waals surface area contributed by atoms with Crippen molar-refractivity contribution in [2.45, 2.75) is 85.1 Å². The lowest BCUT2D eigenvalue weighted by Gasteiger charge is -2.26. The van der Waals surface area contributed by atoms with Gasteiger partial charge in [-0.15, -0.1) is 0 Å². The van der Waals surface area contributed by atoms with E-state index in [4.69, 9.17) is 0 Å². The molecule has 0 aromatic rings. The lowest BCUT2D eigenvalue weighted by Crippen LogP contribution is -2.35. The van der Waals surface area contributed by atoms with Gasteiger partial charge in [0.2, 0.25) is 11.8 Å². The Morgan fingerprint density at radius 2 is 1.19 bits per heavy atom. The number of carbonyl (C=O) groups is 2. The second kappa shape index (κ2) is 9.20. The average molecular weight is 366 g/mol. The maximum atomic E-state index is 11.9. The topological polar surface area (TPSA) is 61.4 Å². The Hall–Kier alpha value is -1.10. The van der Waals surface area contributed by atoms with E-state index in [2.05, 4.69) is 43.2 Å². The fraction of sp³-hybridized carbons (Fsp3) is 0.905. The first-order valence-corrected chi connectivity index (χ1v) is 10.6. The largest absolute Gasteiger partial charge is 0.356 e. The van der Waals surface area contributed by atoms with E-state index in [0.717, 1.165) is 77.5 Å². The third-order valence-corrected chi connectivity index (χ3v) is 6.14. The van der Waals surface area contributed by atoms with Crippen molar-refractivity contribution in [3.8, 4) is 0 Å². The fourth-order valence-corrected chi connectivity index (χ4v) is 3.17. The lowest BCUT2D eigenvalue weighted by molar-refractivity contribution is -0.126. The predicted octanol–water partition coefficient (Wildman–Crippen LogP) is 3.09. The first kappa shape index (κ1) is 21.2. The predicted molar refractivity (Wildman–Crippen MR) is 106 cm³/mol. The van der Waals surface area contributed by atoms with Crippen LogP contribution in [0.5, 0.6) is 0 Å². The summed E-state index contributed by atoms with van der Waals surface area (Å²) in [6, 6.07) is 0.537. The highest BCUT2D eigenvalue weighted by atomic mass is 16.2. The zero-order chi connectivity index (χ0) is 19.2. The van der Waals surface area contributed by atoms with Gasteiger partial charge in [0.1, 0.15) is 0 Å². The number of unbranched alkanes of at least 4 members (excludes halogenated alkanes) is 2. The molecule has 2 aliphatic carbocycles. The van der Waals surface area contributed by atoms with Crippen LogP contribution < -0.4 is 10.6 Å². The summed E-state index contributed by atoms with van der Waals surface area (Å²) >= 11 is 0. The van der Waals surface area contributed by atoms with Crippen LogP contribution in [0.2, 0.25) is 0 Å². The molecule has 2 N–H and O–H groups in total. The number of amides is 2. The minimum absolute atomic E-state index is 0.0592. The summed E-state index contributed by atoms with van der Waals surface area (Å²) in [6.45, 7) is 12.3. The Bertz CT molecular complexity index is 442. The molecule has 0 aromatic carbocycles. The molecule has 2 aliphatic rings. The Labute approximate surface area is 159 Å². The summed E-state index contributed by atoms with van der Waals surface area (Å²) in [5, 5.41) is 6.16. The third-order valence-electron chi connectivity index (χ3n) is 6.14. The molecule has 2 saturated carbocycles. The van der Waals surface area contributed by atoms with E-state index < -0.39 is 0 Å². The normalized spacial score (nSPS) is 19.5. The number of hydrogen-bond acceptors (Lipinski definition) is 3. The highest BCUT2D eigenvalue weighted by molar-refractivity contribution is 5.85. The van der Waals surface area contributed by atoms with Gasteiger partial charge in [-0.25, -0.2) is 0 Å². The molecule has 0 bridgehead atoms. The number of rotatable bonds is 13. The van der Waals surface area contributed by atoms with E-state index in [-0.39, 0.29) is 22.6 Å². The molecule has 2 amide bonds. The van der Waals surface area contributed by atoms with Gasteiger partial charge in [0.05, 0.1) is 0 Å². The van der Waals surface area contributed by atoms with Crippen LogP contribution in [-0.4, -0.2) is 48.9 Å². The van der Waals surface area contributed by atoms with E-state index in [1.54, 1.807) is 0 Å². The third kappa shape index (κ3) is 6.57. The van der Waals surface area contributed by atoms with Gasteiger partial charge < -0.3 is 15.5 Å². The molecule has 150 valence electrons. The monoisotopic (exact) mass is 365 g/mol. The Morgan fingerprint density at radius 3 is 1.50 bits per heavy atom. The Kier molecular flexibility index (Phi) is 7.51. The summed E-state index contributed by atoms with van der Waals surface area (Å²) in [6.07, 6.45) is 8.48. The molecule has 0 radical (unpaired) electrons. The number of hydrogen-bond donors (Lipinski definition) is 2. The lowest BCUT2D eigenvalue weighted by atomic mass is 10.1. The summed E-state index contributed by atoms with van der Waals surface area (Å²) in [4.78, 5) is 26.3. The maximum Gasteiger partial charge on any atom is 0.225 e. The van der Waals surface area contributed by atoms with Crippen molar-refractivity contribution in [2.24, 2.45) is 10.8 Å². The highest BCUT2D eigenvalue weighted by Gasteiger charge is 2.45. The molecule has 0 heterocycles. The fourth-order valence-electron chi connectivity index (χ4n) is 3.17. The molecule has 0 aromatic heterocycles. The smallest absolute Gasteiger partial charge is 0.225 e. The Balaban J connectivity index is 1.49. The van der Waals surface area contributed by atoms with Crippen molar-refractivity contribution in [3.63, 3.8) is 0 Å². The quantitative estimate of drug-likeness (QED) is 0.493. The van der Waals surface area contributed by atoms with Crippen molar-refractivity contribution >= 4 is 11.8 Å². The van der Waals surface area contributed by atoms with Crippen LogP contribution >= 0.6 is 0 Å². The highest BCUT2D eigenvalue weighted by Crippen LogP contribution is 2.45. The van der Waals surface area contributed by atoms with Crippen LogP contribution in [0.3, 0.4) is 0 Å². The Morgan fingerprint density at radius 1 is 0.808 bits per heavy atom. The van der Waals surface area contributed by atoms with E-state index in [1.165, 1.54) is 0 Å². The molecule has 0 unspecified atom stereocenters. The van der Waals surface area contributed by atoms with Gasteiger partial charge in [0, 0.05) is 30.0 Å². The van der Waals surface area contributed by atoms with Gasteiger partial charge >= 0.3 is 0 Å². The SMILES string of the molecule is CC(C)N(CCCCNC(=O)C1(C)CC1)CCCCNC(=O)C1(C)CC1. The molecule has 0 atom stereocenters. The van der Waals surface area contributed by atoms with Crippen molar-refractivity contribution < 1.29 is 9.59 Å². The van der Waals surface area contributed by atoms with Crippen LogP contribution in [-0.2, 0) is 9.59 Å². The molecular weight excluding hydrogens is 326 g/mol. The van der Waals surface area contributed by atoms with Gasteiger partial charge in [0.15, 0.2) is 0 Å². The molecule has 26 heavy (non-hydrogen) atoms. The molecular formula is C21H39N3O2. The summed E-state index contributed by atoms with van der Waals surface area (Å²) in [5.74, 6) is 0.473. The average Bonchev–Trinajstić information content (AvgIpc) is 3.51. The second-order valence-electron chi connectivity index (χ2n) is 9.18. The van der Waals surface area contributed by atoms with Crippen molar-refractivity contribution in [1.82, 2.24) is 15.5 Å². The van der Waals surface area contributed by atoms with Gasteiger partial charge in [-0.3, -0.25) is 9.59 Å². The molecule has 0 saturated heterocycles. The van der Waals surface area contributed by atoms with E-state index in [9.17, 15) is 9.59 Å². The van der Waals surface area contributed by atoms with Gasteiger partial charge in [-0.1, -0.05) is 13.8 Å². The molecule has 0 aliphatic heterocycles. The molecule has 5 nitrogen and oxygen atoms in total. The zero-order valence-electron chi connectivity index (χ0n) is 17.3. The van der Waals surface area contributed by atoms with E-state index >= 15 is 0 Å². The summed E-state index contributed by atoms with van der Waals surface area (Å²) in [5.41, 5.74) is -0.118. The van der Waals surface area contributed by atoms with Gasteiger partial charge in [-0.05, 0) is 78.3 Å². The zero-order valence-corrected chi connectivity index (χ0v) is 17.3.